The summed E-state index contributed by atoms with van der Waals surface area (Å²) < 4.78 is 27.6. The third-order valence-electron chi connectivity index (χ3n) is 3.55. The van der Waals surface area contributed by atoms with Crippen molar-refractivity contribution in [1.82, 2.24) is 0 Å². The molecule has 3 aromatic rings. The molecule has 0 radical (unpaired) electrons. The van der Waals surface area contributed by atoms with Crippen LogP contribution in [0.15, 0.2) is 89.8 Å². The molecule has 5 heteroatoms. The predicted molar refractivity (Wildman–Crippen MR) is 97.5 cm³/mol. The van der Waals surface area contributed by atoms with E-state index in [0.717, 1.165) is 11.3 Å². The Kier molecular flexibility index (Phi) is 4.82. The summed E-state index contributed by atoms with van der Waals surface area (Å²) in [6.07, 6.45) is 0. The monoisotopic (exact) mass is 338 g/mol. The molecular formula is C19H18N2O2S. The van der Waals surface area contributed by atoms with E-state index < -0.39 is 10.0 Å². The number of benzene rings is 3. The zero-order chi connectivity index (χ0) is 16.8. The van der Waals surface area contributed by atoms with E-state index >= 15 is 0 Å². The number of nitrogens with one attached hydrogen (secondary N) is 2. The van der Waals surface area contributed by atoms with Crippen LogP contribution in [0.3, 0.4) is 0 Å². The Hall–Kier alpha value is -2.79. The molecular weight excluding hydrogens is 320 g/mol. The van der Waals surface area contributed by atoms with Crippen molar-refractivity contribution in [3.63, 3.8) is 0 Å². The molecule has 0 aliphatic carbocycles. The maximum absolute atomic E-state index is 12.5. The van der Waals surface area contributed by atoms with Gasteiger partial charge in [0.05, 0.1) is 16.3 Å². The maximum Gasteiger partial charge on any atom is 0.261 e. The summed E-state index contributed by atoms with van der Waals surface area (Å²) in [7, 11) is -3.61. The third-order valence-corrected chi connectivity index (χ3v) is 4.93. The molecule has 0 aliphatic heterocycles. The van der Waals surface area contributed by atoms with Crippen molar-refractivity contribution < 1.29 is 8.42 Å². The van der Waals surface area contributed by atoms with E-state index in [1.807, 2.05) is 42.5 Å². The van der Waals surface area contributed by atoms with Gasteiger partial charge in [0, 0.05) is 6.54 Å². The number of para-hydroxylation sites is 2. The van der Waals surface area contributed by atoms with Gasteiger partial charge in [-0.25, -0.2) is 8.42 Å². The van der Waals surface area contributed by atoms with Gasteiger partial charge in [-0.3, -0.25) is 4.72 Å². The first-order chi connectivity index (χ1) is 11.6. The fraction of sp³-hybridized carbons (Fsp3) is 0.0526. The van der Waals surface area contributed by atoms with E-state index in [1.165, 1.54) is 0 Å². The Balaban J connectivity index is 1.79. The largest absolute Gasteiger partial charge is 0.379 e. The van der Waals surface area contributed by atoms with Crippen molar-refractivity contribution in [2.24, 2.45) is 0 Å². The molecule has 0 unspecified atom stereocenters. The number of anilines is 2. The van der Waals surface area contributed by atoms with Crippen molar-refractivity contribution in [3.8, 4) is 0 Å². The second kappa shape index (κ2) is 7.19. The van der Waals surface area contributed by atoms with E-state index in [1.54, 1.807) is 42.5 Å². The average Bonchev–Trinajstić information content (AvgIpc) is 2.62. The molecule has 24 heavy (non-hydrogen) atoms. The van der Waals surface area contributed by atoms with Gasteiger partial charge in [0.25, 0.3) is 10.0 Å². The lowest BCUT2D eigenvalue weighted by Gasteiger charge is -2.14. The summed E-state index contributed by atoms with van der Waals surface area (Å²) in [6, 6.07) is 25.5. The topological polar surface area (TPSA) is 58.2 Å². The van der Waals surface area contributed by atoms with Crippen molar-refractivity contribution in [1.29, 1.82) is 0 Å². The molecule has 0 bridgehead atoms. The lowest BCUT2D eigenvalue weighted by Crippen LogP contribution is -2.14. The number of sulfonamides is 1. The second-order valence-corrected chi connectivity index (χ2v) is 6.99. The van der Waals surface area contributed by atoms with Crippen LogP contribution in [0.4, 0.5) is 11.4 Å². The average molecular weight is 338 g/mol. The molecule has 0 saturated heterocycles. The minimum absolute atomic E-state index is 0.239. The summed E-state index contributed by atoms with van der Waals surface area (Å²) in [5.74, 6) is 0. The summed E-state index contributed by atoms with van der Waals surface area (Å²) in [6.45, 7) is 0.616. The molecule has 0 spiro atoms. The molecule has 3 rings (SSSR count). The number of hydrogen-bond donors (Lipinski definition) is 2. The molecule has 0 atom stereocenters. The highest BCUT2D eigenvalue weighted by molar-refractivity contribution is 7.92. The SMILES string of the molecule is O=S(=O)(Nc1ccccc1NCc1ccccc1)c1ccccc1. The van der Waals surface area contributed by atoms with Crippen LogP contribution in [-0.2, 0) is 16.6 Å². The predicted octanol–water partition coefficient (Wildman–Crippen LogP) is 4.10. The highest BCUT2D eigenvalue weighted by Gasteiger charge is 2.15. The zero-order valence-corrected chi connectivity index (χ0v) is 13.8. The van der Waals surface area contributed by atoms with E-state index in [2.05, 4.69) is 10.0 Å². The Morgan fingerprint density at radius 2 is 1.21 bits per heavy atom. The van der Waals surface area contributed by atoms with Crippen molar-refractivity contribution >= 4 is 21.4 Å². The van der Waals surface area contributed by atoms with Gasteiger partial charge in [-0.05, 0) is 29.8 Å². The summed E-state index contributed by atoms with van der Waals surface area (Å²) >= 11 is 0. The van der Waals surface area contributed by atoms with Gasteiger partial charge in [-0.2, -0.15) is 0 Å². The molecule has 0 aromatic heterocycles. The van der Waals surface area contributed by atoms with Crippen molar-refractivity contribution in [3.05, 3.63) is 90.5 Å². The summed E-state index contributed by atoms with van der Waals surface area (Å²) in [5, 5.41) is 3.28. The normalized spacial score (nSPS) is 11.0. The Morgan fingerprint density at radius 1 is 0.667 bits per heavy atom. The van der Waals surface area contributed by atoms with Gasteiger partial charge < -0.3 is 5.32 Å². The van der Waals surface area contributed by atoms with E-state index in [4.69, 9.17) is 0 Å². The quantitative estimate of drug-likeness (QED) is 0.711. The maximum atomic E-state index is 12.5. The fourth-order valence-corrected chi connectivity index (χ4v) is 3.42. The third kappa shape index (κ3) is 3.94. The second-order valence-electron chi connectivity index (χ2n) is 5.30. The molecule has 0 amide bonds. The first-order valence-corrected chi connectivity index (χ1v) is 9.08. The van der Waals surface area contributed by atoms with Crippen molar-refractivity contribution in [2.75, 3.05) is 10.0 Å². The van der Waals surface area contributed by atoms with Crippen LogP contribution >= 0.6 is 0 Å². The van der Waals surface area contributed by atoms with E-state index in [9.17, 15) is 8.42 Å². The molecule has 122 valence electrons. The van der Waals surface area contributed by atoms with Crippen LogP contribution in [0.25, 0.3) is 0 Å². The Bertz CT molecular complexity index is 895. The molecule has 0 fully saturated rings. The first-order valence-electron chi connectivity index (χ1n) is 7.60. The highest BCUT2D eigenvalue weighted by Crippen LogP contribution is 2.24. The van der Waals surface area contributed by atoms with E-state index in [0.29, 0.717) is 12.2 Å². The minimum Gasteiger partial charge on any atom is -0.379 e. The van der Waals surface area contributed by atoms with Crippen molar-refractivity contribution in [2.45, 2.75) is 11.4 Å². The van der Waals surface area contributed by atoms with Gasteiger partial charge in [-0.1, -0.05) is 60.7 Å². The van der Waals surface area contributed by atoms with Crippen LogP contribution in [0, 0.1) is 0 Å². The van der Waals surface area contributed by atoms with Crippen LogP contribution in [-0.4, -0.2) is 8.42 Å². The smallest absolute Gasteiger partial charge is 0.261 e. The Morgan fingerprint density at radius 3 is 1.88 bits per heavy atom. The van der Waals surface area contributed by atoms with Crippen LogP contribution in [0.1, 0.15) is 5.56 Å². The van der Waals surface area contributed by atoms with Gasteiger partial charge in [-0.15, -0.1) is 0 Å². The Labute approximate surface area is 142 Å². The van der Waals surface area contributed by atoms with Gasteiger partial charge in [0.2, 0.25) is 0 Å². The summed E-state index contributed by atoms with van der Waals surface area (Å²) in [5.41, 5.74) is 2.39. The lowest BCUT2D eigenvalue weighted by atomic mass is 10.2. The van der Waals surface area contributed by atoms with Crippen LogP contribution < -0.4 is 10.0 Å². The molecule has 0 saturated carbocycles. The molecule has 4 nitrogen and oxygen atoms in total. The number of hydrogen-bond acceptors (Lipinski definition) is 3. The fourth-order valence-electron chi connectivity index (χ4n) is 2.32. The van der Waals surface area contributed by atoms with Gasteiger partial charge >= 0.3 is 0 Å². The summed E-state index contributed by atoms with van der Waals surface area (Å²) in [4.78, 5) is 0.239. The zero-order valence-electron chi connectivity index (χ0n) is 13.0. The number of rotatable bonds is 6. The minimum atomic E-state index is -3.61. The molecule has 0 heterocycles. The molecule has 3 aromatic carbocycles. The standard InChI is InChI=1S/C19H18N2O2S/c22-24(23,17-11-5-2-6-12-17)21-19-14-8-7-13-18(19)20-15-16-9-3-1-4-10-16/h1-14,20-21H,15H2. The molecule has 0 aliphatic rings. The van der Waals surface area contributed by atoms with Crippen LogP contribution in [0.5, 0.6) is 0 Å². The highest BCUT2D eigenvalue weighted by atomic mass is 32.2. The van der Waals surface area contributed by atoms with Gasteiger partial charge in [0.1, 0.15) is 0 Å². The van der Waals surface area contributed by atoms with E-state index in [-0.39, 0.29) is 4.90 Å². The molecule has 2 N–H and O–H groups in total. The lowest BCUT2D eigenvalue weighted by molar-refractivity contribution is 0.601. The van der Waals surface area contributed by atoms with Crippen LogP contribution in [0.2, 0.25) is 0 Å². The van der Waals surface area contributed by atoms with Gasteiger partial charge in [0.15, 0.2) is 0 Å². The first kappa shape index (κ1) is 16.1.